The molecule has 0 aliphatic carbocycles. The molecule has 1 N–H and O–H groups in total. The summed E-state index contributed by atoms with van der Waals surface area (Å²) in [4.78, 5) is 28.0. The molecular weight excluding hydrogens is 345 g/mol. The Hall–Kier alpha value is -2.73. The number of carbonyl (C=O) groups is 2. The average molecular weight is 369 g/mol. The molecule has 0 unspecified atom stereocenters. The van der Waals surface area contributed by atoms with E-state index in [4.69, 9.17) is 0 Å². The van der Waals surface area contributed by atoms with Crippen molar-refractivity contribution < 1.29 is 14.0 Å². The first kappa shape index (κ1) is 19.0. The van der Waals surface area contributed by atoms with E-state index in [9.17, 15) is 14.0 Å². The first-order chi connectivity index (χ1) is 13.0. The van der Waals surface area contributed by atoms with E-state index in [-0.39, 0.29) is 30.5 Å². The number of hydrogen-bond acceptors (Lipinski definition) is 3. The monoisotopic (exact) mass is 369 g/mol. The summed E-state index contributed by atoms with van der Waals surface area (Å²) < 4.78 is 13.4. The third-order valence-electron chi connectivity index (χ3n) is 4.79. The van der Waals surface area contributed by atoms with Crippen LogP contribution in [-0.4, -0.2) is 41.5 Å². The Labute approximate surface area is 158 Å². The molecule has 5 nitrogen and oxygen atoms in total. The number of urea groups is 1. The number of amides is 3. The van der Waals surface area contributed by atoms with Gasteiger partial charge in [0.05, 0.1) is 12.7 Å². The van der Waals surface area contributed by atoms with Gasteiger partial charge in [-0.2, -0.15) is 0 Å². The zero-order chi connectivity index (χ0) is 19.4. The molecule has 1 aliphatic rings. The minimum Gasteiger partial charge on any atom is -0.326 e. The van der Waals surface area contributed by atoms with Crippen molar-refractivity contribution in [1.29, 1.82) is 0 Å². The second kappa shape index (κ2) is 8.31. The second-order valence-electron chi connectivity index (χ2n) is 6.82. The smallest absolute Gasteiger partial charge is 0.325 e. The van der Waals surface area contributed by atoms with Crippen LogP contribution >= 0.6 is 0 Å². The summed E-state index contributed by atoms with van der Waals surface area (Å²) in [5.74, 6) is -0.496. The van der Waals surface area contributed by atoms with Crippen LogP contribution in [0.3, 0.4) is 0 Å². The molecule has 0 spiro atoms. The highest BCUT2D eigenvalue weighted by Gasteiger charge is 2.38. The lowest BCUT2D eigenvalue weighted by Gasteiger charge is -2.31. The van der Waals surface area contributed by atoms with Crippen LogP contribution in [0.4, 0.5) is 9.18 Å². The van der Waals surface area contributed by atoms with Crippen LogP contribution < -0.4 is 5.32 Å². The fraction of sp³-hybridized carbons (Fsp3) is 0.333. The van der Waals surface area contributed by atoms with Gasteiger partial charge in [-0.3, -0.25) is 9.69 Å². The summed E-state index contributed by atoms with van der Waals surface area (Å²) in [7, 11) is 1.86. The van der Waals surface area contributed by atoms with E-state index in [0.29, 0.717) is 6.42 Å². The van der Waals surface area contributed by atoms with Gasteiger partial charge in [0, 0.05) is 0 Å². The van der Waals surface area contributed by atoms with E-state index < -0.39 is 6.04 Å². The maximum atomic E-state index is 13.4. The number of benzene rings is 2. The highest BCUT2D eigenvalue weighted by Crippen LogP contribution is 2.28. The van der Waals surface area contributed by atoms with Gasteiger partial charge in [-0.1, -0.05) is 55.8 Å². The zero-order valence-electron chi connectivity index (χ0n) is 15.6. The van der Waals surface area contributed by atoms with Crippen LogP contribution in [0.1, 0.15) is 36.9 Å². The molecule has 2 atom stereocenters. The molecular formula is C21H24FN3O2. The first-order valence-electron chi connectivity index (χ1n) is 9.13. The van der Waals surface area contributed by atoms with Crippen molar-refractivity contribution in [3.8, 4) is 0 Å². The third-order valence-corrected chi connectivity index (χ3v) is 4.79. The number of halogens is 1. The fourth-order valence-corrected chi connectivity index (χ4v) is 3.48. The molecule has 1 aliphatic heterocycles. The molecule has 1 heterocycles. The van der Waals surface area contributed by atoms with Gasteiger partial charge in [0.25, 0.3) is 5.91 Å². The minimum absolute atomic E-state index is 0.155. The molecule has 0 aromatic heterocycles. The maximum Gasteiger partial charge on any atom is 0.325 e. The van der Waals surface area contributed by atoms with E-state index >= 15 is 0 Å². The Balaban J connectivity index is 1.85. The molecule has 1 saturated heterocycles. The fourth-order valence-electron chi connectivity index (χ4n) is 3.48. The van der Waals surface area contributed by atoms with Crippen LogP contribution in [0, 0.1) is 5.82 Å². The summed E-state index contributed by atoms with van der Waals surface area (Å²) in [5.41, 5.74) is 1.89. The van der Waals surface area contributed by atoms with Gasteiger partial charge in [0.1, 0.15) is 11.9 Å². The molecule has 0 bridgehead atoms. The molecule has 3 amide bonds. The Morgan fingerprint density at radius 2 is 1.70 bits per heavy atom. The average Bonchev–Trinajstić information content (AvgIpc) is 2.92. The predicted molar refractivity (Wildman–Crippen MR) is 101 cm³/mol. The van der Waals surface area contributed by atoms with E-state index in [0.717, 1.165) is 17.5 Å². The topological polar surface area (TPSA) is 52.7 Å². The standard InChI is InChI=1S/C21H24FN3O2/c1-3-7-18-20(26)25(21(27)23-18)14-24(2)19(15-8-5-4-6-9-15)16-10-12-17(22)13-11-16/h4-6,8-13,18-19H,3,7,14H2,1-2H3,(H,23,27)/t18-,19+/m0/s1. The van der Waals surface area contributed by atoms with E-state index in [1.165, 1.54) is 17.0 Å². The summed E-state index contributed by atoms with van der Waals surface area (Å²) >= 11 is 0. The lowest BCUT2D eigenvalue weighted by Crippen LogP contribution is -2.42. The summed E-state index contributed by atoms with van der Waals surface area (Å²) in [6, 6.07) is 15.0. The highest BCUT2D eigenvalue weighted by atomic mass is 19.1. The van der Waals surface area contributed by atoms with Crippen LogP contribution in [-0.2, 0) is 4.79 Å². The molecule has 6 heteroatoms. The van der Waals surface area contributed by atoms with Crippen molar-refractivity contribution in [2.45, 2.75) is 31.8 Å². The summed E-state index contributed by atoms with van der Waals surface area (Å²) in [6.45, 7) is 2.13. The zero-order valence-corrected chi connectivity index (χ0v) is 15.6. The summed E-state index contributed by atoms with van der Waals surface area (Å²) in [5, 5.41) is 2.75. The molecule has 2 aromatic rings. The largest absolute Gasteiger partial charge is 0.326 e. The van der Waals surface area contributed by atoms with E-state index in [2.05, 4.69) is 5.32 Å². The maximum absolute atomic E-state index is 13.4. The minimum atomic E-state index is -0.447. The van der Waals surface area contributed by atoms with Crippen LogP contribution in [0.25, 0.3) is 0 Å². The van der Waals surface area contributed by atoms with Crippen molar-refractivity contribution in [3.05, 3.63) is 71.5 Å². The number of carbonyl (C=O) groups excluding carboxylic acids is 2. The molecule has 0 saturated carbocycles. The Morgan fingerprint density at radius 3 is 2.33 bits per heavy atom. The molecule has 3 rings (SSSR count). The summed E-state index contributed by atoms with van der Waals surface area (Å²) in [6.07, 6.45) is 1.45. The lowest BCUT2D eigenvalue weighted by atomic mass is 9.97. The van der Waals surface area contributed by atoms with Crippen LogP contribution in [0.15, 0.2) is 54.6 Å². The lowest BCUT2D eigenvalue weighted by molar-refractivity contribution is -0.129. The first-order valence-corrected chi connectivity index (χ1v) is 9.13. The van der Waals surface area contributed by atoms with Gasteiger partial charge in [-0.05, 0) is 36.7 Å². The number of imide groups is 1. The van der Waals surface area contributed by atoms with E-state index in [1.54, 1.807) is 12.1 Å². The van der Waals surface area contributed by atoms with Crippen molar-refractivity contribution in [2.24, 2.45) is 0 Å². The van der Waals surface area contributed by atoms with Gasteiger partial charge in [0.15, 0.2) is 0 Å². The van der Waals surface area contributed by atoms with Crippen molar-refractivity contribution in [1.82, 2.24) is 15.1 Å². The van der Waals surface area contributed by atoms with E-state index in [1.807, 2.05) is 49.2 Å². The number of rotatable bonds is 7. The van der Waals surface area contributed by atoms with Crippen molar-refractivity contribution in [2.75, 3.05) is 13.7 Å². The number of nitrogens with zero attached hydrogens (tertiary/aromatic N) is 2. The Bertz CT molecular complexity index is 795. The quantitative estimate of drug-likeness (QED) is 0.760. The predicted octanol–water partition coefficient (Wildman–Crippen LogP) is 3.52. The van der Waals surface area contributed by atoms with Crippen molar-refractivity contribution >= 4 is 11.9 Å². The molecule has 1 fully saturated rings. The molecule has 2 aromatic carbocycles. The SMILES string of the molecule is CCC[C@@H]1NC(=O)N(CN(C)[C@H](c2ccccc2)c2ccc(F)cc2)C1=O. The second-order valence-corrected chi connectivity index (χ2v) is 6.82. The molecule has 0 radical (unpaired) electrons. The normalized spacial score (nSPS) is 18.1. The van der Waals surface area contributed by atoms with Crippen LogP contribution in [0.2, 0.25) is 0 Å². The van der Waals surface area contributed by atoms with Gasteiger partial charge >= 0.3 is 6.03 Å². The Morgan fingerprint density at radius 1 is 1.07 bits per heavy atom. The highest BCUT2D eigenvalue weighted by molar-refractivity contribution is 6.04. The number of hydrogen-bond donors (Lipinski definition) is 1. The Kier molecular flexibility index (Phi) is 5.86. The van der Waals surface area contributed by atoms with Crippen LogP contribution in [0.5, 0.6) is 0 Å². The van der Waals surface area contributed by atoms with Gasteiger partial charge in [-0.15, -0.1) is 0 Å². The molecule has 27 heavy (non-hydrogen) atoms. The van der Waals surface area contributed by atoms with Crippen molar-refractivity contribution in [3.63, 3.8) is 0 Å². The van der Waals surface area contributed by atoms with Gasteiger partial charge in [0.2, 0.25) is 0 Å². The van der Waals surface area contributed by atoms with Gasteiger partial charge in [-0.25, -0.2) is 14.1 Å². The molecule has 142 valence electrons. The van der Waals surface area contributed by atoms with Gasteiger partial charge < -0.3 is 5.32 Å². The number of nitrogens with one attached hydrogen (secondary N) is 1. The third kappa shape index (κ3) is 4.17.